The zero-order chi connectivity index (χ0) is 30.0. The molecule has 3 aromatic rings. The Balaban J connectivity index is 1.15. The molecule has 1 saturated carbocycles. The summed E-state index contributed by atoms with van der Waals surface area (Å²) in [6.07, 6.45) is 10.3. The van der Waals surface area contributed by atoms with Gasteiger partial charge in [-0.2, -0.15) is 0 Å². The average Bonchev–Trinajstić information content (AvgIpc) is 3.31. The van der Waals surface area contributed by atoms with Gasteiger partial charge in [0.2, 0.25) is 5.88 Å². The summed E-state index contributed by atoms with van der Waals surface area (Å²) < 4.78 is 35.5. The van der Waals surface area contributed by atoms with Crippen molar-refractivity contribution in [3.05, 3.63) is 64.9 Å². The maximum absolute atomic E-state index is 13.1. The fourth-order valence-electron chi connectivity index (χ4n) is 5.46. The van der Waals surface area contributed by atoms with E-state index in [0.29, 0.717) is 29.6 Å². The molecule has 1 atom stereocenters. The van der Waals surface area contributed by atoms with E-state index in [1.54, 1.807) is 30.5 Å². The number of nitrogens with zero attached hydrogens (tertiary/aromatic N) is 3. The Bertz CT molecular complexity index is 1530. The molecule has 3 heterocycles. The number of aryl methyl sites for hydroxylation is 1. The van der Waals surface area contributed by atoms with Crippen LogP contribution in [0.2, 0.25) is 5.15 Å². The van der Waals surface area contributed by atoms with E-state index in [9.17, 15) is 13.2 Å². The molecule has 2 aromatic heterocycles. The maximum Gasteiger partial charge on any atom is 0.268 e. The van der Waals surface area contributed by atoms with Crippen LogP contribution in [0.25, 0.3) is 5.82 Å². The predicted molar refractivity (Wildman–Crippen MR) is 163 cm³/mol. The lowest BCUT2D eigenvalue weighted by atomic mass is 9.92. The molecule has 1 amide bonds. The van der Waals surface area contributed by atoms with Crippen LogP contribution in [-0.2, 0) is 16.4 Å². The molecule has 9 nitrogen and oxygen atoms in total. The molecule has 0 spiro atoms. The minimum Gasteiger partial charge on any atom is -0.477 e. The first-order valence-electron chi connectivity index (χ1n) is 14.7. The molecular weight excluding hydrogens is 574 g/mol. The average molecular weight is 614 g/mol. The normalized spacial score (nSPS) is 19.0. The van der Waals surface area contributed by atoms with Crippen LogP contribution in [0.3, 0.4) is 0 Å². The van der Waals surface area contributed by atoms with Gasteiger partial charge < -0.3 is 10.1 Å². The lowest BCUT2D eigenvalue weighted by Crippen LogP contribution is -2.31. The number of benzene rings is 1. The maximum atomic E-state index is 13.1. The molecule has 1 aliphatic heterocycles. The topological polar surface area (TPSA) is 115 Å². The predicted octanol–water partition coefficient (Wildman–Crippen LogP) is 5.71. The van der Waals surface area contributed by atoms with E-state index in [2.05, 4.69) is 40.9 Å². The van der Waals surface area contributed by atoms with Gasteiger partial charge in [0.15, 0.2) is 5.82 Å². The van der Waals surface area contributed by atoms with Crippen molar-refractivity contribution in [2.24, 2.45) is 11.3 Å². The second-order valence-electron chi connectivity index (χ2n) is 12.7. The van der Waals surface area contributed by atoms with E-state index in [1.807, 2.05) is 6.07 Å². The van der Waals surface area contributed by atoms with Gasteiger partial charge >= 0.3 is 0 Å². The summed E-state index contributed by atoms with van der Waals surface area (Å²) in [5, 5.41) is 7.80. The lowest BCUT2D eigenvalue weighted by Gasteiger charge is -2.17. The van der Waals surface area contributed by atoms with Gasteiger partial charge in [-0.05, 0) is 106 Å². The van der Waals surface area contributed by atoms with Crippen molar-refractivity contribution in [3.8, 4) is 11.7 Å². The van der Waals surface area contributed by atoms with E-state index in [0.717, 1.165) is 44.2 Å². The first-order valence-corrected chi connectivity index (χ1v) is 16.5. The van der Waals surface area contributed by atoms with Gasteiger partial charge in [-0.1, -0.05) is 37.1 Å². The van der Waals surface area contributed by atoms with E-state index in [-0.39, 0.29) is 21.2 Å². The number of nitrogens with one attached hydrogen (secondary N) is 2. The van der Waals surface area contributed by atoms with Crippen molar-refractivity contribution in [1.82, 2.24) is 24.8 Å². The van der Waals surface area contributed by atoms with Crippen LogP contribution in [0.4, 0.5) is 0 Å². The Morgan fingerprint density at radius 2 is 1.98 bits per heavy atom. The van der Waals surface area contributed by atoms with Crippen molar-refractivity contribution < 1.29 is 17.9 Å². The Morgan fingerprint density at radius 1 is 1.17 bits per heavy atom. The minimum absolute atomic E-state index is 0.0375. The molecule has 0 bridgehead atoms. The number of sulfonamides is 1. The number of hydrogen-bond donors (Lipinski definition) is 2. The summed E-state index contributed by atoms with van der Waals surface area (Å²) in [6, 6.07) is 11.5. The number of aromatic nitrogens is 3. The smallest absolute Gasteiger partial charge is 0.268 e. The molecule has 1 saturated heterocycles. The third kappa shape index (κ3) is 7.90. The van der Waals surface area contributed by atoms with Gasteiger partial charge in [-0.3, -0.25) is 4.79 Å². The molecule has 1 aromatic carbocycles. The monoisotopic (exact) mass is 613 g/mol. The first kappa shape index (κ1) is 30.5. The van der Waals surface area contributed by atoms with Crippen LogP contribution >= 0.6 is 11.6 Å². The standard InChI is InChI=1S/C31H40ClN5O4S/c1-30(2)20-23(21-33-30)8-5-4-7-22-9-6-10-24(19-22)42(39,40)36-29(38)25-11-12-26(34-28(25)32)37-17-13-27(35-37)41-18-16-31(3)14-15-31/h6,9-13,17,19,23,33H,4-5,7-8,14-16,18,20-21H2,1-3H3,(H,36,38). The zero-order valence-electron chi connectivity index (χ0n) is 24.5. The fraction of sp³-hybridized carbons (Fsp3) is 0.516. The number of pyridine rings is 1. The van der Waals surface area contributed by atoms with Crippen LogP contribution in [0.15, 0.2) is 53.6 Å². The number of ether oxygens (including phenoxy) is 1. The molecule has 0 radical (unpaired) electrons. The molecule has 5 rings (SSSR count). The van der Waals surface area contributed by atoms with E-state index < -0.39 is 15.9 Å². The number of rotatable bonds is 13. The molecule has 2 N–H and O–H groups in total. The summed E-state index contributed by atoms with van der Waals surface area (Å²) >= 11 is 6.31. The molecule has 1 aliphatic carbocycles. The summed E-state index contributed by atoms with van der Waals surface area (Å²) in [4.78, 5) is 17.2. The van der Waals surface area contributed by atoms with E-state index in [4.69, 9.17) is 16.3 Å². The Morgan fingerprint density at radius 3 is 2.69 bits per heavy atom. The first-order chi connectivity index (χ1) is 19.9. The summed E-state index contributed by atoms with van der Waals surface area (Å²) in [7, 11) is -4.11. The highest BCUT2D eigenvalue weighted by molar-refractivity contribution is 7.90. The molecule has 42 heavy (non-hydrogen) atoms. The fourth-order valence-corrected chi connectivity index (χ4v) is 6.73. The number of halogens is 1. The van der Waals surface area contributed by atoms with Crippen molar-refractivity contribution >= 4 is 27.5 Å². The van der Waals surface area contributed by atoms with Crippen LogP contribution < -0.4 is 14.8 Å². The van der Waals surface area contributed by atoms with Gasteiger partial charge in [-0.25, -0.2) is 22.8 Å². The number of carbonyl (C=O) groups excluding carboxylic acids is 1. The second kappa shape index (κ2) is 12.3. The van der Waals surface area contributed by atoms with Crippen molar-refractivity contribution in [2.75, 3.05) is 13.2 Å². The number of carbonyl (C=O) groups is 1. The van der Waals surface area contributed by atoms with Gasteiger partial charge in [0, 0.05) is 17.8 Å². The summed E-state index contributed by atoms with van der Waals surface area (Å²) in [6.45, 7) is 8.37. The zero-order valence-corrected chi connectivity index (χ0v) is 26.1. The number of unbranched alkanes of at least 4 members (excludes halogenated alkanes) is 1. The lowest BCUT2D eigenvalue weighted by molar-refractivity contribution is 0.0981. The van der Waals surface area contributed by atoms with Crippen molar-refractivity contribution in [3.63, 3.8) is 0 Å². The largest absolute Gasteiger partial charge is 0.477 e. The molecule has 1 unspecified atom stereocenters. The minimum atomic E-state index is -4.11. The second-order valence-corrected chi connectivity index (χ2v) is 14.7. The molecule has 226 valence electrons. The molecule has 2 fully saturated rings. The molecule has 2 aliphatic rings. The van der Waals surface area contributed by atoms with Gasteiger partial charge in [0.1, 0.15) is 5.15 Å². The Kier molecular flexibility index (Phi) is 8.97. The van der Waals surface area contributed by atoms with Gasteiger partial charge in [0.25, 0.3) is 15.9 Å². The highest BCUT2D eigenvalue weighted by atomic mass is 35.5. The van der Waals surface area contributed by atoms with Crippen LogP contribution in [-0.4, -0.2) is 47.8 Å². The van der Waals surface area contributed by atoms with E-state index >= 15 is 0 Å². The summed E-state index contributed by atoms with van der Waals surface area (Å²) in [5.74, 6) is 0.691. The van der Waals surface area contributed by atoms with Crippen LogP contribution in [0.1, 0.15) is 81.6 Å². The third-order valence-corrected chi connectivity index (χ3v) is 9.99. The third-order valence-electron chi connectivity index (χ3n) is 8.37. The van der Waals surface area contributed by atoms with Gasteiger partial charge in [0.05, 0.1) is 17.1 Å². The highest BCUT2D eigenvalue weighted by Gasteiger charge is 2.36. The van der Waals surface area contributed by atoms with Crippen molar-refractivity contribution in [1.29, 1.82) is 0 Å². The summed E-state index contributed by atoms with van der Waals surface area (Å²) in [5.41, 5.74) is 1.48. The quantitative estimate of drug-likeness (QED) is 0.187. The Labute approximate surface area is 253 Å². The van der Waals surface area contributed by atoms with Crippen LogP contribution in [0, 0.1) is 11.3 Å². The van der Waals surface area contributed by atoms with Crippen LogP contribution in [0.5, 0.6) is 5.88 Å². The van der Waals surface area contributed by atoms with E-state index in [1.165, 1.54) is 36.1 Å². The number of amides is 1. The van der Waals surface area contributed by atoms with Gasteiger partial charge in [-0.15, -0.1) is 5.10 Å². The number of hydrogen-bond acceptors (Lipinski definition) is 7. The highest BCUT2D eigenvalue weighted by Crippen LogP contribution is 2.47. The molecule has 11 heteroatoms. The molecular formula is C31H40ClN5O4S. The Hall–Kier alpha value is -2.95. The van der Waals surface area contributed by atoms with Crippen molar-refractivity contribution in [2.45, 2.75) is 82.6 Å². The SMILES string of the molecule is CC1(CCOc2ccn(-c3ccc(C(=O)NS(=O)(=O)c4cccc(CCCCC5CNC(C)(C)C5)c4)c(Cl)n3)n2)CC1.